The van der Waals surface area contributed by atoms with Crippen LogP contribution in [-0.4, -0.2) is 89.5 Å². The Bertz CT molecular complexity index is 639. The minimum Gasteiger partial charge on any atom is -0.491 e. The Morgan fingerprint density at radius 2 is 0.867 bits per heavy atom. The molecule has 0 aromatic heterocycles. The molecule has 0 aliphatic carbocycles. The second kappa shape index (κ2) is 15.8. The highest BCUT2D eigenvalue weighted by atomic mass is 16.6. The number of ether oxygens (including phenoxy) is 6. The van der Waals surface area contributed by atoms with Crippen molar-refractivity contribution in [1.82, 2.24) is 0 Å². The lowest BCUT2D eigenvalue weighted by Gasteiger charge is -2.10. The molecule has 0 atom stereocenters. The van der Waals surface area contributed by atoms with E-state index < -0.39 is 0 Å². The molecule has 2 N–H and O–H groups in total. The summed E-state index contributed by atoms with van der Waals surface area (Å²) in [5.41, 5.74) is 0. The summed E-state index contributed by atoms with van der Waals surface area (Å²) in [6, 6.07) is 11.8. The van der Waals surface area contributed by atoms with Gasteiger partial charge in [-0.3, -0.25) is 0 Å². The van der Waals surface area contributed by atoms with Gasteiger partial charge in [0.15, 0.2) is 0 Å². The Morgan fingerprint density at radius 3 is 1.30 bits per heavy atom. The third-order valence-corrected chi connectivity index (χ3v) is 3.99. The van der Waals surface area contributed by atoms with Crippen molar-refractivity contribution in [2.45, 2.75) is 0 Å². The second-order valence-electron chi connectivity index (χ2n) is 6.26. The van der Waals surface area contributed by atoms with Gasteiger partial charge in [-0.25, -0.2) is 0 Å². The smallest absolute Gasteiger partial charge is 0.120 e. The maximum atomic E-state index is 8.61. The van der Waals surface area contributed by atoms with Crippen LogP contribution in [0.25, 0.3) is 10.8 Å². The van der Waals surface area contributed by atoms with Gasteiger partial charge in [-0.1, -0.05) is 12.1 Å². The van der Waals surface area contributed by atoms with Crippen LogP contribution >= 0.6 is 0 Å². The average molecular weight is 424 g/mol. The summed E-state index contributed by atoms with van der Waals surface area (Å²) in [6.07, 6.45) is 0. The van der Waals surface area contributed by atoms with Crippen LogP contribution in [0.15, 0.2) is 36.4 Å². The Labute approximate surface area is 177 Å². The van der Waals surface area contributed by atoms with Crippen molar-refractivity contribution in [3.8, 4) is 11.5 Å². The van der Waals surface area contributed by atoms with E-state index in [9.17, 15) is 0 Å². The summed E-state index contributed by atoms with van der Waals surface area (Å²) in [5.74, 6) is 1.54. The average Bonchev–Trinajstić information content (AvgIpc) is 2.77. The van der Waals surface area contributed by atoms with E-state index in [1.807, 2.05) is 36.4 Å². The fourth-order valence-electron chi connectivity index (χ4n) is 2.59. The predicted octanol–water partition coefficient (Wildman–Crippen LogP) is 1.65. The molecule has 30 heavy (non-hydrogen) atoms. The van der Waals surface area contributed by atoms with Gasteiger partial charge in [0.2, 0.25) is 0 Å². The van der Waals surface area contributed by atoms with Crippen LogP contribution < -0.4 is 9.47 Å². The van der Waals surface area contributed by atoms with E-state index in [2.05, 4.69) is 0 Å². The van der Waals surface area contributed by atoms with Crippen LogP contribution in [0.4, 0.5) is 0 Å². The molecule has 0 saturated heterocycles. The number of hydrogen-bond acceptors (Lipinski definition) is 8. The quantitative estimate of drug-likeness (QED) is 0.349. The van der Waals surface area contributed by atoms with E-state index >= 15 is 0 Å². The van der Waals surface area contributed by atoms with Gasteiger partial charge >= 0.3 is 0 Å². The highest BCUT2D eigenvalue weighted by Gasteiger charge is 2.01. The number of aliphatic hydroxyl groups excluding tert-OH is 2. The zero-order valence-corrected chi connectivity index (χ0v) is 17.3. The second-order valence-corrected chi connectivity index (χ2v) is 6.26. The van der Waals surface area contributed by atoms with Gasteiger partial charge in [-0.15, -0.1) is 0 Å². The van der Waals surface area contributed by atoms with Gasteiger partial charge in [0, 0.05) is 0 Å². The van der Waals surface area contributed by atoms with Crippen LogP contribution in [0.3, 0.4) is 0 Å². The molecule has 0 heterocycles. The standard InChI is InChI=1S/C22H32O8/c23-5-7-25-9-11-27-13-15-29-21-3-1-19-2-4-22(18-20(19)17-21)30-16-14-28-12-10-26-8-6-24/h1-4,17-18,23-24H,5-16H2. The Hall–Kier alpha value is -1.94. The summed E-state index contributed by atoms with van der Waals surface area (Å²) in [7, 11) is 0. The van der Waals surface area contributed by atoms with Crippen molar-refractivity contribution in [3.63, 3.8) is 0 Å². The molecule has 2 rings (SSSR count). The Morgan fingerprint density at radius 1 is 0.467 bits per heavy atom. The van der Waals surface area contributed by atoms with E-state index in [4.69, 9.17) is 38.6 Å². The Kier molecular flexibility index (Phi) is 12.8. The van der Waals surface area contributed by atoms with E-state index in [1.165, 1.54) is 0 Å². The van der Waals surface area contributed by atoms with Crippen molar-refractivity contribution in [2.75, 3.05) is 79.3 Å². The molecule has 0 saturated carbocycles. The third-order valence-electron chi connectivity index (χ3n) is 3.99. The highest BCUT2D eigenvalue weighted by Crippen LogP contribution is 2.25. The lowest BCUT2D eigenvalue weighted by atomic mass is 10.1. The van der Waals surface area contributed by atoms with Gasteiger partial charge in [0.05, 0.1) is 66.1 Å². The number of hydrogen-bond donors (Lipinski definition) is 2. The van der Waals surface area contributed by atoms with Gasteiger partial charge in [0.25, 0.3) is 0 Å². The number of benzene rings is 2. The summed E-state index contributed by atoms with van der Waals surface area (Å²) < 4.78 is 32.6. The first kappa shape index (κ1) is 24.3. The largest absolute Gasteiger partial charge is 0.491 e. The van der Waals surface area contributed by atoms with Crippen LogP contribution in [-0.2, 0) is 18.9 Å². The minimum absolute atomic E-state index is 0.0210. The molecule has 8 nitrogen and oxygen atoms in total. The minimum atomic E-state index is 0.0210. The van der Waals surface area contributed by atoms with E-state index in [-0.39, 0.29) is 13.2 Å². The fraction of sp³-hybridized carbons (Fsp3) is 0.545. The summed E-state index contributed by atoms with van der Waals surface area (Å²) in [6.45, 7) is 4.39. The molecule has 0 bridgehead atoms. The normalized spacial score (nSPS) is 11.1. The van der Waals surface area contributed by atoms with E-state index in [1.54, 1.807) is 0 Å². The SMILES string of the molecule is OCCOCCOCCOc1ccc2ccc(OCCOCCOCCO)cc2c1. The first-order valence-corrected chi connectivity index (χ1v) is 10.2. The highest BCUT2D eigenvalue weighted by molar-refractivity contribution is 5.85. The van der Waals surface area contributed by atoms with Crippen molar-refractivity contribution in [2.24, 2.45) is 0 Å². The molecular formula is C22H32O8. The molecule has 0 aliphatic rings. The number of fused-ring (bicyclic) bond motifs is 1. The molecule has 8 heteroatoms. The van der Waals surface area contributed by atoms with Crippen molar-refractivity contribution in [3.05, 3.63) is 36.4 Å². The lowest BCUT2D eigenvalue weighted by Crippen LogP contribution is -2.12. The summed E-state index contributed by atoms with van der Waals surface area (Å²) in [5, 5.41) is 19.4. The molecule has 2 aromatic carbocycles. The maximum absolute atomic E-state index is 8.61. The topological polar surface area (TPSA) is 95.8 Å². The van der Waals surface area contributed by atoms with Crippen molar-refractivity contribution in [1.29, 1.82) is 0 Å². The molecule has 0 radical (unpaired) electrons. The number of aliphatic hydroxyl groups is 2. The predicted molar refractivity (Wildman–Crippen MR) is 112 cm³/mol. The first-order chi connectivity index (χ1) is 14.8. The molecule has 0 spiro atoms. The van der Waals surface area contributed by atoms with E-state index in [0.29, 0.717) is 66.1 Å². The number of rotatable bonds is 18. The lowest BCUT2D eigenvalue weighted by molar-refractivity contribution is 0.0247. The molecule has 2 aromatic rings. The molecular weight excluding hydrogens is 392 g/mol. The van der Waals surface area contributed by atoms with Gasteiger partial charge in [-0.05, 0) is 35.0 Å². The maximum Gasteiger partial charge on any atom is 0.120 e. The zero-order valence-electron chi connectivity index (χ0n) is 17.3. The van der Waals surface area contributed by atoms with Crippen molar-refractivity contribution < 1.29 is 38.6 Å². The van der Waals surface area contributed by atoms with Crippen molar-refractivity contribution >= 4 is 10.8 Å². The van der Waals surface area contributed by atoms with Crippen LogP contribution in [0.1, 0.15) is 0 Å². The molecule has 0 unspecified atom stereocenters. The molecule has 0 fully saturated rings. The summed E-state index contributed by atoms with van der Waals surface area (Å²) >= 11 is 0. The molecule has 168 valence electrons. The Balaban J connectivity index is 1.67. The summed E-state index contributed by atoms with van der Waals surface area (Å²) in [4.78, 5) is 0. The molecule has 0 aliphatic heterocycles. The van der Waals surface area contributed by atoms with Gasteiger partial charge < -0.3 is 38.6 Å². The fourth-order valence-corrected chi connectivity index (χ4v) is 2.59. The van der Waals surface area contributed by atoms with Gasteiger partial charge in [0.1, 0.15) is 24.7 Å². The van der Waals surface area contributed by atoms with Crippen LogP contribution in [0.2, 0.25) is 0 Å². The van der Waals surface area contributed by atoms with Crippen LogP contribution in [0, 0.1) is 0 Å². The first-order valence-electron chi connectivity index (χ1n) is 10.2. The molecule has 0 amide bonds. The zero-order chi connectivity index (χ0) is 21.3. The van der Waals surface area contributed by atoms with Crippen LogP contribution in [0.5, 0.6) is 11.5 Å². The third kappa shape index (κ3) is 10.2. The monoisotopic (exact) mass is 424 g/mol. The van der Waals surface area contributed by atoms with Gasteiger partial charge in [-0.2, -0.15) is 0 Å². The van der Waals surface area contributed by atoms with E-state index in [0.717, 1.165) is 22.3 Å².